The topological polar surface area (TPSA) is 76.0 Å². The Morgan fingerprint density at radius 2 is 2.13 bits per heavy atom. The first-order valence-corrected chi connectivity index (χ1v) is 8.04. The van der Waals surface area contributed by atoms with E-state index in [0.717, 1.165) is 12.8 Å². The van der Waals surface area contributed by atoms with Crippen LogP contribution in [0.15, 0.2) is 24.3 Å². The second-order valence-electron chi connectivity index (χ2n) is 5.90. The van der Waals surface area contributed by atoms with E-state index in [9.17, 15) is 9.90 Å². The second kappa shape index (κ2) is 10.6. The maximum absolute atomic E-state index is 10.4. The lowest BCUT2D eigenvalue weighted by molar-refractivity contribution is -0.137. The number of unbranched alkanes of at least 4 members (excludes halogenated alkanes) is 1. The summed E-state index contributed by atoms with van der Waals surface area (Å²) in [5.41, 5.74) is 0. The maximum atomic E-state index is 10.4. The van der Waals surface area contributed by atoms with Crippen molar-refractivity contribution in [3.05, 3.63) is 24.3 Å². The number of allylic oxidation sites excluding steroid dienone is 2. The van der Waals surface area contributed by atoms with Crippen molar-refractivity contribution in [1.82, 2.24) is 0 Å². The Kier molecular flexibility index (Phi) is 9.21. The Morgan fingerprint density at radius 3 is 2.74 bits per heavy atom. The van der Waals surface area contributed by atoms with Crippen LogP contribution in [0.25, 0.3) is 0 Å². The molecule has 1 saturated carbocycles. The molecule has 0 aromatic rings. The summed E-state index contributed by atoms with van der Waals surface area (Å²) in [6.45, 7) is 0. The number of carboxylic acids is 1. The first-order valence-electron chi connectivity index (χ1n) is 8.04. The molecule has 0 spiro atoms. The summed E-state index contributed by atoms with van der Waals surface area (Å²) in [7, 11) is 8.92. The zero-order valence-electron chi connectivity index (χ0n) is 13.9. The van der Waals surface area contributed by atoms with Crippen LogP contribution in [0.3, 0.4) is 0 Å². The molecule has 1 aliphatic carbocycles. The third-order valence-electron chi connectivity index (χ3n) is 4.33. The molecule has 6 heteroatoms. The molecule has 0 saturated heterocycles. The molecule has 0 aliphatic heterocycles. The second-order valence-corrected chi connectivity index (χ2v) is 5.90. The van der Waals surface area contributed by atoms with Gasteiger partial charge in [0.05, 0.1) is 12.2 Å². The van der Waals surface area contributed by atoms with Crippen molar-refractivity contribution in [3.63, 3.8) is 0 Å². The van der Waals surface area contributed by atoms with E-state index in [0.29, 0.717) is 12.8 Å². The molecule has 1 fully saturated rings. The molecule has 2 N–H and O–H groups in total. The zero-order chi connectivity index (χ0) is 17.2. The van der Waals surface area contributed by atoms with Crippen molar-refractivity contribution < 1.29 is 24.5 Å². The first-order chi connectivity index (χ1) is 11.0. The van der Waals surface area contributed by atoms with Crippen molar-refractivity contribution in [2.45, 2.75) is 50.3 Å². The fourth-order valence-electron chi connectivity index (χ4n) is 3.00. The predicted molar refractivity (Wildman–Crippen MR) is 89.3 cm³/mol. The van der Waals surface area contributed by atoms with E-state index in [-0.39, 0.29) is 24.4 Å². The quantitative estimate of drug-likeness (QED) is 0.365. The van der Waals surface area contributed by atoms with Crippen molar-refractivity contribution in [2.24, 2.45) is 11.8 Å². The lowest BCUT2D eigenvalue weighted by Gasteiger charge is -2.21. The Hall–Kier alpha value is -1.11. The number of hydrogen-bond donors (Lipinski definition) is 2. The number of aliphatic hydroxyl groups excluding tert-OH is 1. The van der Waals surface area contributed by atoms with Gasteiger partial charge in [-0.25, -0.2) is 0 Å². The largest absolute Gasteiger partial charge is 0.481 e. The number of aliphatic hydroxyl groups is 1. The monoisotopic (exact) mass is 322 g/mol. The van der Waals surface area contributed by atoms with E-state index in [4.69, 9.17) is 22.4 Å². The molecule has 2 unspecified atom stereocenters. The molecule has 23 heavy (non-hydrogen) atoms. The molecule has 0 bridgehead atoms. The lowest BCUT2D eigenvalue weighted by Crippen LogP contribution is -2.21. The Balaban J connectivity index is 2.56. The third kappa shape index (κ3) is 6.89. The normalized spacial score (nSPS) is 29.5. The molecular weight excluding hydrogens is 295 g/mol. The minimum atomic E-state index is -0.771. The number of carbonyl (C=O) groups is 1. The number of rotatable bonds is 10. The van der Waals surface area contributed by atoms with Crippen molar-refractivity contribution in [2.75, 3.05) is 14.2 Å². The summed E-state index contributed by atoms with van der Waals surface area (Å²) in [5, 5.41) is 18.9. The lowest BCUT2D eigenvalue weighted by atomic mass is 9.88. The van der Waals surface area contributed by atoms with Crippen LogP contribution in [-0.2, 0) is 14.3 Å². The van der Waals surface area contributed by atoms with Gasteiger partial charge >= 0.3 is 5.97 Å². The molecule has 0 heterocycles. The van der Waals surface area contributed by atoms with Crippen LogP contribution < -0.4 is 0 Å². The van der Waals surface area contributed by atoms with Gasteiger partial charge in [0.25, 0.3) is 0 Å². The predicted octanol–water partition coefficient (Wildman–Crippen LogP) is 1.90. The van der Waals surface area contributed by atoms with Gasteiger partial charge in [-0.1, -0.05) is 24.3 Å². The first kappa shape index (κ1) is 19.9. The van der Waals surface area contributed by atoms with Gasteiger partial charge in [0, 0.05) is 39.0 Å². The SMILES string of the molecule is [B]C(C=C[C@H]1[C@H](OC)CC(O)[C@@H]1C/C=C\CCCC(=O)O)OC. The summed E-state index contributed by atoms with van der Waals surface area (Å²) in [6, 6.07) is -0.461. The van der Waals surface area contributed by atoms with E-state index in [2.05, 4.69) is 0 Å². The highest BCUT2D eigenvalue weighted by molar-refractivity contribution is 6.12. The maximum Gasteiger partial charge on any atom is 0.303 e. The van der Waals surface area contributed by atoms with Crippen molar-refractivity contribution in [3.8, 4) is 0 Å². The molecule has 2 radical (unpaired) electrons. The standard InChI is InChI=1S/C17H27BO5/c1-22-15-11-14(19)12(13(15)9-10-16(18)23-2)7-5-3-4-6-8-17(20)21/h3,5,9-10,12-16,19H,4,6-8,11H2,1-2H3,(H,20,21)/b5-3-,10-9?/t12-,13-,14?,15-,16?/m1/s1. The summed E-state index contributed by atoms with van der Waals surface area (Å²) >= 11 is 0. The van der Waals surface area contributed by atoms with Crippen LogP contribution in [0, 0.1) is 11.8 Å². The average Bonchev–Trinajstić information content (AvgIpc) is 2.83. The highest BCUT2D eigenvalue weighted by atomic mass is 16.5. The summed E-state index contributed by atoms with van der Waals surface area (Å²) in [5.74, 6) is -0.622. The fraction of sp³-hybridized carbons (Fsp3) is 0.706. The number of aliphatic carboxylic acids is 1. The van der Waals surface area contributed by atoms with E-state index in [1.165, 1.54) is 0 Å². The van der Waals surface area contributed by atoms with Crippen molar-refractivity contribution in [1.29, 1.82) is 0 Å². The molecule has 1 aliphatic rings. The van der Waals surface area contributed by atoms with Gasteiger partial charge in [0.15, 0.2) is 0 Å². The van der Waals surface area contributed by atoms with E-state index >= 15 is 0 Å². The molecule has 5 nitrogen and oxygen atoms in total. The Labute approximate surface area is 139 Å². The molecule has 1 rings (SSSR count). The van der Waals surface area contributed by atoms with Crippen LogP contribution in [0.2, 0.25) is 0 Å². The number of ether oxygens (including phenoxy) is 2. The average molecular weight is 322 g/mol. The van der Waals surface area contributed by atoms with Crippen LogP contribution in [-0.4, -0.2) is 56.5 Å². The third-order valence-corrected chi connectivity index (χ3v) is 4.33. The van der Waals surface area contributed by atoms with Gasteiger partial charge < -0.3 is 19.7 Å². The summed E-state index contributed by atoms with van der Waals surface area (Å²) in [6.07, 6.45) is 10.2. The van der Waals surface area contributed by atoms with E-state index in [1.807, 2.05) is 18.2 Å². The van der Waals surface area contributed by atoms with Gasteiger partial charge in [-0.15, -0.1) is 0 Å². The Morgan fingerprint density at radius 1 is 1.39 bits per heavy atom. The van der Waals surface area contributed by atoms with Gasteiger partial charge in [-0.05, 0) is 25.2 Å². The summed E-state index contributed by atoms with van der Waals surface area (Å²) in [4.78, 5) is 10.4. The van der Waals surface area contributed by atoms with Gasteiger partial charge in [-0.2, -0.15) is 0 Å². The fourth-order valence-corrected chi connectivity index (χ4v) is 3.00. The zero-order valence-corrected chi connectivity index (χ0v) is 13.9. The molecule has 0 amide bonds. The smallest absolute Gasteiger partial charge is 0.303 e. The van der Waals surface area contributed by atoms with Gasteiger partial charge in [-0.3, -0.25) is 4.79 Å². The van der Waals surface area contributed by atoms with Crippen LogP contribution in [0.5, 0.6) is 0 Å². The minimum absolute atomic E-state index is 0.0317. The van der Waals surface area contributed by atoms with E-state index in [1.54, 1.807) is 20.3 Å². The molecule has 0 aromatic carbocycles. The van der Waals surface area contributed by atoms with Crippen LogP contribution >= 0.6 is 0 Å². The molecule has 128 valence electrons. The van der Waals surface area contributed by atoms with Gasteiger partial charge in [0.2, 0.25) is 0 Å². The highest BCUT2D eigenvalue weighted by Gasteiger charge is 2.40. The summed E-state index contributed by atoms with van der Waals surface area (Å²) < 4.78 is 10.5. The van der Waals surface area contributed by atoms with E-state index < -0.39 is 18.1 Å². The molecular formula is C17H27BO5. The van der Waals surface area contributed by atoms with Gasteiger partial charge in [0.1, 0.15) is 7.85 Å². The Bertz CT molecular complexity index is 410. The molecule has 0 aromatic heterocycles. The van der Waals surface area contributed by atoms with Crippen molar-refractivity contribution >= 4 is 13.8 Å². The number of methoxy groups -OCH3 is 2. The highest BCUT2D eigenvalue weighted by Crippen LogP contribution is 2.37. The number of hydrogen-bond acceptors (Lipinski definition) is 4. The van der Waals surface area contributed by atoms with Crippen LogP contribution in [0.1, 0.15) is 32.1 Å². The minimum Gasteiger partial charge on any atom is -0.481 e. The van der Waals surface area contributed by atoms with Crippen LogP contribution in [0.4, 0.5) is 0 Å². The molecule has 5 atom stereocenters. The number of carboxylic acid groups (broad SMARTS) is 1.